The topological polar surface area (TPSA) is 75.3 Å². The third-order valence-electron chi connectivity index (χ3n) is 4.20. The average Bonchev–Trinajstić information content (AvgIpc) is 3.20. The fourth-order valence-corrected chi connectivity index (χ4v) is 2.85. The molecule has 2 N–H and O–H groups in total. The normalized spacial score (nSPS) is 11.4. The second-order valence-corrected chi connectivity index (χ2v) is 6.72. The summed E-state index contributed by atoms with van der Waals surface area (Å²) in [5.74, 6) is 1.91. The highest BCUT2D eigenvalue weighted by molar-refractivity contribution is 6.30. The van der Waals surface area contributed by atoms with Crippen molar-refractivity contribution >= 4 is 17.6 Å². The number of aliphatic imine (C=N–C) groups is 1. The summed E-state index contributed by atoms with van der Waals surface area (Å²) in [6.45, 7) is 1.51. The molecule has 0 spiro atoms. The molecule has 0 atom stereocenters. The van der Waals surface area contributed by atoms with Gasteiger partial charge in [0, 0.05) is 37.1 Å². The summed E-state index contributed by atoms with van der Waals surface area (Å²) in [7, 11) is 1.76. The van der Waals surface area contributed by atoms with Crippen LogP contribution in [0, 0.1) is 0 Å². The highest BCUT2D eigenvalue weighted by atomic mass is 35.5. The van der Waals surface area contributed by atoms with Gasteiger partial charge >= 0.3 is 0 Å². The molecule has 0 unspecified atom stereocenters. The summed E-state index contributed by atoms with van der Waals surface area (Å²) in [5, 5.41) is 11.3. The van der Waals surface area contributed by atoms with Gasteiger partial charge < -0.3 is 15.2 Å². The summed E-state index contributed by atoms with van der Waals surface area (Å²) in [5.41, 5.74) is 2.23. The van der Waals surface area contributed by atoms with Gasteiger partial charge in [-0.25, -0.2) is 0 Å². The number of guanidine groups is 1. The molecule has 1 aromatic heterocycles. The summed E-state index contributed by atoms with van der Waals surface area (Å²) in [6, 6.07) is 17.8. The molecule has 0 saturated carbocycles. The predicted octanol–water partition coefficient (Wildman–Crippen LogP) is 3.73. The van der Waals surface area contributed by atoms with Gasteiger partial charge in [0.05, 0.1) is 0 Å². The molecule has 0 saturated heterocycles. The van der Waals surface area contributed by atoms with E-state index in [2.05, 4.69) is 50.0 Å². The van der Waals surface area contributed by atoms with E-state index in [9.17, 15) is 0 Å². The molecule has 7 heteroatoms. The molecule has 0 aliphatic carbocycles. The Bertz CT molecular complexity index is 877. The number of aryl methyl sites for hydroxylation is 1. The van der Waals surface area contributed by atoms with Gasteiger partial charge in [-0.1, -0.05) is 47.1 Å². The van der Waals surface area contributed by atoms with Crippen molar-refractivity contribution in [2.45, 2.75) is 19.3 Å². The van der Waals surface area contributed by atoms with Crippen molar-refractivity contribution in [3.05, 3.63) is 71.1 Å². The third-order valence-corrected chi connectivity index (χ3v) is 4.45. The van der Waals surface area contributed by atoms with E-state index in [-0.39, 0.29) is 0 Å². The van der Waals surface area contributed by atoms with Crippen LogP contribution in [0.3, 0.4) is 0 Å². The number of rotatable bonds is 8. The quantitative estimate of drug-likeness (QED) is 0.344. The molecule has 1 heterocycles. The van der Waals surface area contributed by atoms with Crippen LogP contribution in [0.5, 0.6) is 0 Å². The number of hydrogen-bond acceptors (Lipinski definition) is 4. The van der Waals surface area contributed by atoms with Crippen LogP contribution in [0.2, 0.25) is 5.02 Å². The molecular formula is C21H24ClN5O. The molecule has 6 nitrogen and oxygen atoms in total. The lowest BCUT2D eigenvalue weighted by Crippen LogP contribution is -2.38. The fraction of sp³-hybridized carbons (Fsp3) is 0.286. The van der Waals surface area contributed by atoms with Crippen LogP contribution >= 0.6 is 11.6 Å². The van der Waals surface area contributed by atoms with Gasteiger partial charge in [-0.2, -0.15) is 4.98 Å². The minimum atomic E-state index is 0.565. The predicted molar refractivity (Wildman–Crippen MR) is 113 cm³/mol. The van der Waals surface area contributed by atoms with Crippen LogP contribution in [0.25, 0.3) is 11.4 Å². The molecule has 0 bridgehead atoms. The zero-order valence-corrected chi connectivity index (χ0v) is 16.6. The molecule has 0 radical (unpaired) electrons. The van der Waals surface area contributed by atoms with Crippen LogP contribution in [0.4, 0.5) is 0 Å². The fourth-order valence-electron chi connectivity index (χ4n) is 2.73. The van der Waals surface area contributed by atoms with Crippen LogP contribution in [-0.4, -0.2) is 36.2 Å². The Morgan fingerprint density at radius 1 is 1.00 bits per heavy atom. The van der Waals surface area contributed by atoms with E-state index in [0.717, 1.165) is 30.9 Å². The molecule has 0 fully saturated rings. The van der Waals surface area contributed by atoms with Crippen molar-refractivity contribution in [1.29, 1.82) is 0 Å². The summed E-state index contributed by atoms with van der Waals surface area (Å²) in [6.07, 6.45) is 2.70. The van der Waals surface area contributed by atoms with Crippen molar-refractivity contribution in [2.24, 2.45) is 4.99 Å². The molecular weight excluding hydrogens is 374 g/mol. The van der Waals surface area contributed by atoms with Crippen LogP contribution in [0.15, 0.2) is 64.1 Å². The van der Waals surface area contributed by atoms with E-state index in [4.69, 9.17) is 16.1 Å². The van der Waals surface area contributed by atoms with E-state index >= 15 is 0 Å². The van der Waals surface area contributed by atoms with Crippen molar-refractivity contribution < 1.29 is 4.52 Å². The maximum Gasteiger partial charge on any atom is 0.228 e. The molecule has 3 rings (SSSR count). The van der Waals surface area contributed by atoms with E-state index in [0.29, 0.717) is 29.7 Å². The Morgan fingerprint density at radius 2 is 1.75 bits per heavy atom. The van der Waals surface area contributed by atoms with E-state index in [1.54, 1.807) is 7.05 Å². The molecule has 0 aliphatic rings. The Labute approximate surface area is 170 Å². The Kier molecular flexibility index (Phi) is 7.44. The van der Waals surface area contributed by atoms with E-state index in [1.807, 2.05) is 30.3 Å². The van der Waals surface area contributed by atoms with Gasteiger partial charge in [-0.15, -0.1) is 0 Å². The largest absolute Gasteiger partial charge is 0.356 e. The summed E-state index contributed by atoms with van der Waals surface area (Å²) in [4.78, 5) is 8.66. The number of nitrogens with one attached hydrogen (secondary N) is 2. The zero-order valence-electron chi connectivity index (χ0n) is 15.9. The first-order valence-electron chi connectivity index (χ1n) is 9.31. The Hall–Kier alpha value is -2.86. The molecule has 0 amide bonds. The van der Waals surface area contributed by atoms with Gasteiger partial charge in [0.25, 0.3) is 0 Å². The first-order valence-corrected chi connectivity index (χ1v) is 9.69. The second kappa shape index (κ2) is 10.5. The first kappa shape index (κ1) is 19.9. The highest BCUT2D eigenvalue weighted by Crippen LogP contribution is 2.18. The Balaban J connectivity index is 1.38. The lowest BCUT2D eigenvalue weighted by atomic mass is 10.1. The first-order chi connectivity index (χ1) is 13.7. The van der Waals surface area contributed by atoms with E-state index in [1.165, 1.54) is 5.56 Å². The number of benzene rings is 2. The van der Waals surface area contributed by atoms with Crippen molar-refractivity contribution in [3.63, 3.8) is 0 Å². The minimum absolute atomic E-state index is 0.565. The van der Waals surface area contributed by atoms with Crippen molar-refractivity contribution in [1.82, 2.24) is 20.8 Å². The van der Waals surface area contributed by atoms with Crippen LogP contribution < -0.4 is 10.6 Å². The van der Waals surface area contributed by atoms with Gasteiger partial charge in [0.15, 0.2) is 5.96 Å². The van der Waals surface area contributed by atoms with Crippen molar-refractivity contribution in [2.75, 3.05) is 20.1 Å². The SMILES string of the molecule is CN=C(NCCCc1ccccc1)NCCc1nc(-c2ccc(Cl)cc2)no1. The molecule has 146 valence electrons. The highest BCUT2D eigenvalue weighted by Gasteiger charge is 2.08. The maximum atomic E-state index is 5.90. The lowest BCUT2D eigenvalue weighted by molar-refractivity contribution is 0.378. The molecule has 0 aliphatic heterocycles. The van der Waals surface area contributed by atoms with Gasteiger partial charge in [-0.3, -0.25) is 4.99 Å². The second-order valence-electron chi connectivity index (χ2n) is 6.28. The summed E-state index contributed by atoms with van der Waals surface area (Å²) < 4.78 is 5.32. The monoisotopic (exact) mass is 397 g/mol. The van der Waals surface area contributed by atoms with Crippen LogP contribution in [0.1, 0.15) is 17.9 Å². The average molecular weight is 398 g/mol. The van der Waals surface area contributed by atoms with Gasteiger partial charge in [-0.05, 0) is 42.7 Å². The van der Waals surface area contributed by atoms with Gasteiger partial charge in [0.1, 0.15) is 0 Å². The third kappa shape index (κ3) is 6.09. The lowest BCUT2D eigenvalue weighted by Gasteiger charge is -2.11. The van der Waals surface area contributed by atoms with E-state index < -0.39 is 0 Å². The smallest absolute Gasteiger partial charge is 0.228 e. The molecule has 28 heavy (non-hydrogen) atoms. The minimum Gasteiger partial charge on any atom is -0.356 e. The van der Waals surface area contributed by atoms with Gasteiger partial charge in [0.2, 0.25) is 11.7 Å². The zero-order chi connectivity index (χ0) is 19.6. The number of hydrogen-bond donors (Lipinski definition) is 2. The molecule has 2 aromatic carbocycles. The number of nitrogens with zero attached hydrogens (tertiary/aromatic N) is 3. The maximum absolute atomic E-state index is 5.90. The Morgan fingerprint density at radius 3 is 2.50 bits per heavy atom. The van der Waals surface area contributed by atoms with Crippen LogP contribution in [-0.2, 0) is 12.8 Å². The number of aromatic nitrogens is 2. The summed E-state index contributed by atoms with van der Waals surface area (Å²) >= 11 is 5.90. The standard InChI is InChI=1S/C21H24ClN5O/c1-23-21(24-14-5-8-16-6-3-2-4-7-16)25-15-13-19-26-20(27-28-19)17-9-11-18(22)12-10-17/h2-4,6-7,9-12H,5,8,13-15H2,1H3,(H2,23,24,25). The van der Waals surface area contributed by atoms with Crippen molar-refractivity contribution in [3.8, 4) is 11.4 Å². The molecule has 3 aromatic rings. The number of halogens is 1.